The number of esters is 1. The number of aryl methyl sites for hydroxylation is 1. The van der Waals surface area contributed by atoms with Crippen LogP contribution in [0.2, 0.25) is 0 Å². The molecule has 1 N–H and O–H groups in total. The van der Waals surface area contributed by atoms with Gasteiger partial charge in [0.2, 0.25) is 0 Å². The van der Waals surface area contributed by atoms with Crippen molar-refractivity contribution in [1.29, 1.82) is 0 Å². The minimum absolute atomic E-state index is 0.339. The summed E-state index contributed by atoms with van der Waals surface area (Å²) in [6.07, 6.45) is 7.76. The summed E-state index contributed by atoms with van der Waals surface area (Å²) in [5.74, 6) is 1.07. The summed E-state index contributed by atoms with van der Waals surface area (Å²) in [5.41, 5.74) is 0.517. The molecule has 1 aromatic heterocycles. The molecule has 1 heterocycles. The Balaban J connectivity index is 2.18. The van der Waals surface area contributed by atoms with Gasteiger partial charge in [-0.25, -0.2) is 4.79 Å². The number of hydrogen-bond acceptors (Lipinski definition) is 4. The van der Waals surface area contributed by atoms with Crippen molar-refractivity contribution in [2.75, 3.05) is 13.7 Å². The highest BCUT2D eigenvalue weighted by Gasteiger charge is 2.14. The molecule has 0 aliphatic heterocycles. The molecule has 0 fully saturated rings. The van der Waals surface area contributed by atoms with Crippen LogP contribution in [0.15, 0.2) is 10.5 Å². The van der Waals surface area contributed by atoms with E-state index in [-0.39, 0.29) is 5.97 Å². The molecular weight excluding hydrogens is 254 g/mol. The standard InChI is InChI=1S/C16H27NO3/c1-4-5-6-7-8-9-10-17-12-14-11-15(13(2)20-14)16(18)19-3/h11,17H,4-10,12H2,1-3H3. The largest absolute Gasteiger partial charge is 0.465 e. The van der Waals surface area contributed by atoms with E-state index in [1.54, 1.807) is 13.0 Å². The number of methoxy groups -OCH3 is 1. The second kappa shape index (κ2) is 9.59. The normalized spacial score (nSPS) is 10.8. The molecule has 0 bridgehead atoms. The first-order chi connectivity index (χ1) is 9.69. The van der Waals surface area contributed by atoms with E-state index < -0.39 is 0 Å². The second-order valence-electron chi connectivity index (χ2n) is 5.12. The van der Waals surface area contributed by atoms with Gasteiger partial charge in [-0.1, -0.05) is 39.0 Å². The maximum absolute atomic E-state index is 11.4. The van der Waals surface area contributed by atoms with Crippen LogP contribution in [0.25, 0.3) is 0 Å². The summed E-state index contributed by atoms with van der Waals surface area (Å²) in [6, 6.07) is 1.76. The smallest absolute Gasteiger partial charge is 0.341 e. The van der Waals surface area contributed by atoms with Crippen LogP contribution >= 0.6 is 0 Å². The fourth-order valence-electron chi connectivity index (χ4n) is 2.19. The summed E-state index contributed by atoms with van der Waals surface area (Å²) >= 11 is 0. The van der Waals surface area contributed by atoms with Gasteiger partial charge < -0.3 is 14.5 Å². The number of ether oxygens (including phenoxy) is 1. The molecule has 4 heteroatoms. The molecule has 0 saturated carbocycles. The first-order valence-corrected chi connectivity index (χ1v) is 7.57. The summed E-state index contributed by atoms with van der Waals surface area (Å²) in [6.45, 7) is 5.66. The van der Waals surface area contributed by atoms with Gasteiger partial charge in [0.25, 0.3) is 0 Å². The van der Waals surface area contributed by atoms with Crippen molar-refractivity contribution in [1.82, 2.24) is 5.32 Å². The zero-order chi connectivity index (χ0) is 14.8. The summed E-state index contributed by atoms with van der Waals surface area (Å²) in [5, 5.41) is 3.34. The Hall–Kier alpha value is -1.29. The second-order valence-corrected chi connectivity index (χ2v) is 5.12. The third-order valence-electron chi connectivity index (χ3n) is 3.38. The van der Waals surface area contributed by atoms with Gasteiger partial charge in [0.05, 0.1) is 13.7 Å². The molecule has 114 valence electrons. The Bertz CT molecular complexity index is 398. The maximum Gasteiger partial charge on any atom is 0.341 e. The van der Waals surface area contributed by atoms with Crippen molar-refractivity contribution < 1.29 is 13.9 Å². The molecule has 0 spiro atoms. The van der Waals surface area contributed by atoms with Crippen LogP contribution in [0.5, 0.6) is 0 Å². The Labute approximate surface area is 121 Å². The minimum atomic E-state index is -0.339. The third kappa shape index (κ3) is 5.78. The van der Waals surface area contributed by atoms with Crippen LogP contribution in [0.4, 0.5) is 0 Å². The molecule has 20 heavy (non-hydrogen) atoms. The highest BCUT2D eigenvalue weighted by atomic mass is 16.5. The predicted molar refractivity (Wildman–Crippen MR) is 79.9 cm³/mol. The predicted octanol–water partition coefficient (Wildman–Crippen LogP) is 3.82. The first kappa shape index (κ1) is 16.8. The van der Waals surface area contributed by atoms with Crippen LogP contribution in [0.1, 0.15) is 67.3 Å². The zero-order valence-corrected chi connectivity index (χ0v) is 13.0. The Kier molecular flexibility index (Phi) is 8.04. The fourth-order valence-corrected chi connectivity index (χ4v) is 2.19. The Morgan fingerprint density at radius 1 is 1.25 bits per heavy atom. The molecule has 0 amide bonds. The zero-order valence-electron chi connectivity index (χ0n) is 13.0. The van der Waals surface area contributed by atoms with Crippen LogP contribution in [0.3, 0.4) is 0 Å². The van der Waals surface area contributed by atoms with Crippen molar-refractivity contribution >= 4 is 5.97 Å². The van der Waals surface area contributed by atoms with Gasteiger partial charge in [-0.05, 0) is 26.0 Å². The average molecular weight is 281 g/mol. The molecule has 1 rings (SSSR count). The third-order valence-corrected chi connectivity index (χ3v) is 3.38. The molecule has 0 atom stereocenters. The summed E-state index contributed by atoms with van der Waals surface area (Å²) in [4.78, 5) is 11.4. The number of carbonyl (C=O) groups is 1. The molecule has 0 aliphatic carbocycles. The average Bonchev–Trinajstić information content (AvgIpc) is 2.82. The van der Waals surface area contributed by atoms with Crippen molar-refractivity contribution in [2.24, 2.45) is 0 Å². The molecule has 0 radical (unpaired) electrons. The first-order valence-electron chi connectivity index (χ1n) is 7.57. The number of furan rings is 1. The van der Waals surface area contributed by atoms with E-state index in [2.05, 4.69) is 12.2 Å². The van der Waals surface area contributed by atoms with E-state index in [9.17, 15) is 4.79 Å². The van der Waals surface area contributed by atoms with Crippen molar-refractivity contribution in [3.8, 4) is 0 Å². The molecular formula is C16H27NO3. The Morgan fingerprint density at radius 2 is 1.95 bits per heavy atom. The minimum Gasteiger partial charge on any atom is -0.465 e. The van der Waals surface area contributed by atoms with E-state index in [0.29, 0.717) is 17.9 Å². The number of carbonyl (C=O) groups excluding carboxylic acids is 1. The molecule has 0 unspecified atom stereocenters. The van der Waals surface area contributed by atoms with Crippen LogP contribution < -0.4 is 5.32 Å². The highest BCUT2D eigenvalue weighted by Crippen LogP contribution is 2.15. The van der Waals surface area contributed by atoms with Gasteiger partial charge in [0.1, 0.15) is 17.1 Å². The van der Waals surface area contributed by atoms with Gasteiger partial charge in [-0.3, -0.25) is 0 Å². The van der Waals surface area contributed by atoms with Gasteiger partial charge in [-0.15, -0.1) is 0 Å². The lowest BCUT2D eigenvalue weighted by Crippen LogP contribution is -2.14. The fraction of sp³-hybridized carbons (Fsp3) is 0.688. The molecule has 0 aliphatic rings. The van der Waals surface area contributed by atoms with Crippen LogP contribution in [-0.2, 0) is 11.3 Å². The molecule has 0 saturated heterocycles. The number of unbranched alkanes of at least 4 members (excludes halogenated alkanes) is 5. The molecule has 4 nitrogen and oxygen atoms in total. The topological polar surface area (TPSA) is 51.5 Å². The highest BCUT2D eigenvalue weighted by molar-refractivity contribution is 5.90. The number of rotatable bonds is 10. The SMILES string of the molecule is CCCCCCCCNCc1cc(C(=O)OC)c(C)o1. The number of hydrogen-bond donors (Lipinski definition) is 1. The lowest BCUT2D eigenvalue weighted by atomic mass is 10.1. The molecule has 0 aromatic carbocycles. The van der Waals surface area contributed by atoms with E-state index in [1.165, 1.54) is 45.6 Å². The van der Waals surface area contributed by atoms with Gasteiger partial charge in [0.15, 0.2) is 0 Å². The van der Waals surface area contributed by atoms with E-state index in [1.807, 2.05) is 0 Å². The maximum atomic E-state index is 11.4. The van der Waals surface area contributed by atoms with Crippen LogP contribution in [0, 0.1) is 6.92 Å². The van der Waals surface area contributed by atoms with Crippen LogP contribution in [-0.4, -0.2) is 19.6 Å². The van der Waals surface area contributed by atoms with Gasteiger partial charge >= 0.3 is 5.97 Å². The quantitative estimate of drug-likeness (QED) is 0.523. The van der Waals surface area contributed by atoms with E-state index >= 15 is 0 Å². The van der Waals surface area contributed by atoms with Crippen molar-refractivity contribution in [2.45, 2.75) is 58.9 Å². The lowest BCUT2D eigenvalue weighted by molar-refractivity contribution is 0.0599. The molecule has 1 aromatic rings. The Morgan fingerprint density at radius 3 is 2.65 bits per heavy atom. The number of nitrogens with one attached hydrogen (secondary N) is 1. The van der Waals surface area contributed by atoms with E-state index in [0.717, 1.165) is 12.3 Å². The van der Waals surface area contributed by atoms with Gasteiger partial charge in [-0.2, -0.15) is 0 Å². The lowest BCUT2D eigenvalue weighted by Gasteiger charge is -2.02. The van der Waals surface area contributed by atoms with E-state index in [4.69, 9.17) is 9.15 Å². The summed E-state index contributed by atoms with van der Waals surface area (Å²) in [7, 11) is 1.38. The van der Waals surface area contributed by atoms with Crippen molar-refractivity contribution in [3.63, 3.8) is 0 Å². The summed E-state index contributed by atoms with van der Waals surface area (Å²) < 4.78 is 10.2. The van der Waals surface area contributed by atoms with Crippen molar-refractivity contribution in [3.05, 3.63) is 23.2 Å². The monoisotopic (exact) mass is 281 g/mol. The van der Waals surface area contributed by atoms with Gasteiger partial charge in [0, 0.05) is 0 Å².